The number of ether oxygens (including phenoxy) is 2. The number of hydrogen-bond donors (Lipinski definition) is 2. The van der Waals surface area contributed by atoms with Gasteiger partial charge in [-0.15, -0.1) is 17.9 Å². The van der Waals surface area contributed by atoms with Gasteiger partial charge in [-0.1, -0.05) is 47.6 Å². The molecule has 0 radical (unpaired) electrons. The van der Waals surface area contributed by atoms with Gasteiger partial charge in [0.15, 0.2) is 5.78 Å². The monoisotopic (exact) mass is 779 g/mol. The van der Waals surface area contributed by atoms with Gasteiger partial charge in [0, 0.05) is 34.7 Å². The van der Waals surface area contributed by atoms with Gasteiger partial charge >= 0.3 is 0 Å². The van der Waals surface area contributed by atoms with Gasteiger partial charge in [0.2, 0.25) is 21.8 Å². The third kappa shape index (κ3) is 7.05. The lowest BCUT2D eigenvalue weighted by atomic mass is 9.85. The molecule has 292 valence electrons. The molecule has 3 heterocycles. The zero-order valence-electron chi connectivity index (χ0n) is 32.7. The number of rotatable bonds is 13. The van der Waals surface area contributed by atoms with Gasteiger partial charge in [-0.3, -0.25) is 19.1 Å². The zero-order chi connectivity index (χ0) is 39.7. The largest absolute Gasteiger partial charge is 0.496 e. The standard InChI is InChI=1S/C40H53N5O7S2/c1-11-24-17-40(24,37(48)44-54(49,50)39(9)14-15-39)18-28(46)33-23(5)31(19-45(33)36(47)34(41)38(6,7)8)52-30-16-26(35-43-27(20-53-35)21(2)3)42-32-22(4)29(51-10)13-12-25(30)32/h11-13,16,20-21,23-24,31,33-34H,1,14-15,17-19,41H2,2-10H3,(H,44,48)/t23-,24-,31+,33+,34?,40-/m1/s1. The van der Waals surface area contributed by atoms with Gasteiger partial charge in [0.1, 0.15) is 28.3 Å². The highest BCUT2D eigenvalue weighted by molar-refractivity contribution is 7.91. The number of nitrogens with one attached hydrogen (secondary N) is 1. The molecular formula is C40H53N5O7S2. The molecule has 1 aromatic carbocycles. The lowest BCUT2D eigenvalue weighted by Gasteiger charge is -2.33. The first-order chi connectivity index (χ1) is 25.2. The van der Waals surface area contributed by atoms with Crippen molar-refractivity contribution in [3.05, 3.63) is 47.5 Å². The fourth-order valence-corrected chi connectivity index (χ4v) is 9.66. The highest BCUT2D eigenvalue weighted by Gasteiger charge is 2.63. The number of amides is 2. The molecule has 0 bridgehead atoms. The van der Waals surface area contributed by atoms with Crippen LogP contribution in [0.5, 0.6) is 11.5 Å². The quantitative estimate of drug-likeness (QED) is 0.199. The molecule has 3 fully saturated rings. The summed E-state index contributed by atoms with van der Waals surface area (Å²) >= 11 is 1.50. The number of aromatic nitrogens is 2. The number of hydrogen-bond acceptors (Lipinski definition) is 11. The van der Waals surface area contributed by atoms with Crippen LogP contribution in [0.3, 0.4) is 0 Å². The fourth-order valence-electron chi connectivity index (χ4n) is 7.38. The minimum atomic E-state index is -3.94. The summed E-state index contributed by atoms with van der Waals surface area (Å²) in [6, 6.07) is 3.69. The molecule has 3 aliphatic rings. The van der Waals surface area contributed by atoms with Crippen molar-refractivity contribution in [3.8, 4) is 22.2 Å². The first-order valence-corrected chi connectivity index (χ1v) is 20.9. The van der Waals surface area contributed by atoms with Crippen LogP contribution in [0.4, 0.5) is 0 Å². The molecule has 1 aliphatic heterocycles. The van der Waals surface area contributed by atoms with Crippen molar-refractivity contribution < 1.29 is 32.3 Å². The van der Waals surface area contributed by atoms with Crippen molar-refractivity contribution in [2.45, 2.75) is 110 Å². The Labute approximate surface area is 322 Å². The van der Waals surface area contributed by atoms with Crippen LogP contribution in [0.2, 0.25) is 0 Å². The summed E-state index contributed by atoms with van der Waals surface area (Å²) < 4.78 is 39.9. The van der Waals surface area contributed by atoms with Crippen LogP contribution in [-0.4, -0.2) is 77.5 Å². The van der Waals surface area contributed by atoms with Gasteiger partial charge in [0.05, 0.1) is 47.1 Å². The van der Waals surface area contributed by atoms with Crippen molar-refractivity contribution in [2.75, 3.05) is 13.7 Å². The lowest BCUT2D eigenvalue weighted by molar-refractivity contribution is -0.142. The molecule has 12 nitrogen and oxygen atoms in total. The average molecular weight is 780 g/mol. The van der Waals surface area contributed by atoms with Crippen LogP contribution in [0.15, 0.2) is 36.2 Å². The second-order valence-corrected chi connectivity index (χ2v) is 20.1. The number of thiazole rings is 1. The summed E-state index contributed by atoms with van der Waals surface area (Å²) in [5.74, 6) is -0.963. The number of benzene rings is 1. The van der Waals surface area contributed by atoms with Gasteiger partial charge in [-0.25, -0.2) is 18.4 Å². The van der Waals surface area contributed by atoms with Gasteiger partial charge < -0.3 is 20.1 Å². The Bertz CT molecular complexity index is 2120. The average Bonchev–Trinajstić information content (AvgIpc) is 3.92. The van der Waals surface area contributed by atoms with E-state index >= 15 is 0 Å². The van der Waals surface area contributed by atoms with E-state index in [9.17, 15) is 22.8 Å². The minimum Gasteiger partial charge on any atom is -0.496 e. The Hall–Kier alpha value is -3.88. The minimum absolute atomic E-state index is 0.0695. The van der Waals surface area contributed by atoms with Crippen LogP contribution in [0.25, 0.3) is 21.6 Å². The molecule has 1 saturated heterocycles. The Kier molecular flexibility index (Phi) is 10.3. The van der Waals surface area contributed by atoms with Crippen molar-refractivity contribution in [1.29, 1.82) is 0 Å². The van der Waals surface area contributed by atoms with Crippen LogP contribution in [0, 0.1) is 29.6 Å². The van der Waals surface area contributed by atoms with Gasteiger partial charge in [-0.05, 0) is 62.5 Å². The number of ketones is 1. The molecule has 6 rings (SSSR count). The number of methoxy groups -OCH3 is 1. The van der Waals surface area contributed by atoms with Crippen LogP contribution in [0.1, 0.15) is 91.3 Å². The number of aryl methyl sites for hydroxylation is 1. The topological polar surface area (TPSA) is 171 Å². The van der Waals surface area contributed by atoms with E-state index in [1.54, 1.807) is 20.1 Å². The third-order valence-electron chi connectivity index (χ3n) is 11.8. The summed E-state index contributed by atoms with van der Waals surface area (Å²) in [7, 11) is -2.33. The summed E-state index contributed by atoms with van der Waals surface area (Å²) in [4.78, 5) is 53.9. The number of carbonyl (C=O) groups excluding carboxylic acids is 3. The van der Waals surface area contributed by atoms with E-state index in [0.717, 1.165) is 21.7 Å². The molecule has 2 aliphatic carbocycles. The number of allylic oxidation sites excluding steroid dienone is 1. The number of sulfonamides is 1. The van der Waals surface area contributed by atoms with Crippen LogP contribution >= 0.6 is 11.3 Å². The van der Waals surface area contributed by atoms with Gasteiger partial charge in [-0.2, -0.15) is 0 Å². The van der Waals surface area contributed by atoms with E-state index < -0.39 is 67.4 Å². The highest BCUT2D eigenvalue weighted by atomic mass is 32.2. The molecule has 0 spiro atoms. The molecule has 54 heavy (non-hydrogen) atoms. The van der Waals surface area contributed by atoms with Crippen molar-refractivity contribution in [2.24, 2.45) is 28.4 Å². The second kappa shape index (κ2) is 14.0. The fraction of sp³-hybridized carbons (Fsp3) is 0.575. The maximum absolute atomic E-state index is 14.6. The Balaban J connectivity index is 1.36. The second-order valence-electron chi connectivity index (χ2n) is 17.1. The maximum Gasteiger partial charge on any atom is 0.240 e. The molecule has 3 aromatic rings. The van der Waals surface area contributed by atoms with Crippen LogP contribution < -0.4 is 19.9 Å². The van der Waals surface area contributed by atoms with Crippen molar-refractivity contribution in [3.63, 3.8) is 0 Å². The smallest absolute Gasteiger partial charge is 0.240 e. The van der Waals surface area contributed by atoms with Crippen molar-refractivity contribution in [1.82, 2.24) is 19.6 Å². The molecule has 2 saturated carbocycles. The summed E-state index contributed by atoms with van der Waals surface area (Å²) in [5.41, 5.74) is 7.72. The van der Waals surface area contributed by atoms with Gasteiger partial charge in [0.25, 0.3) is 0 Å². The SMILES string of the molecule is C=C[C@@H]1C[C@]1(CC(=O)[C@@H]1[C@H](C)[C@@H](Oc2cc(-c3nc(C(C)C)cs3)nc3c(C)c(OC)ccc23)CN1C(=O)C(N)C(C)(C)C)C(=O)NS(=O)(=O)C1(C)CC1. The van der Waals surface area contributed by atoms with Crippen molar-refractivity contribution >= 4 is 49.9 Å². The lowest BCUT2D eigenvalue weighted by Crippen LogP contribution is -2.54. The number of nitrogens with two attached hydrogens (primary N) is 1. The number of carbonyl (C=O) groups is 3. The predicted octanol–water partition coefficient (Wildman–Crippen LogP) is 5.92. The van der Waals surface area contributed by atoms with E-state index in [1.165, 1.54) is 16.2 Å². The summed E-state index contributed by atoms with van der Waals surface area (Å²) in [6.45, 7) is 19.1. The summed E-state index contributed by atoms with van der Waals surface area (Å²) in [5, 5.41) is 3.49. The van der Waals surface area contributed by atoms with E-state index in [4.69, 9.17) is 25.2 Å². The first kappa shape index (κ1) is 39.8. The molecule has 3 N–H and O–H groups in total. The normalized spacial score (nSPS) is 25.4. The molecule has 6 atom stereocenters. The van der Waals surface area contributed by atoms with E-state index in [1.807, 2.05) is 58.2 Å². The first-order valence-electron chi connectivity index (χ1n) is 18.6. The molecule has 14 heteroatoms. The molecule has 2 amide bonds. The molecule has 2 aromatic heterocycles. The van der Waals surface area contributed by atoms with E-state index in [-0.39, 0.29) is 31.1 Å². The Morgan fingerprint density at radius 1 is 1.19 bits per heavy atom. The Morgan fingerprint density at radius 3 is 2.43 bits per heavy atom. The zero-order valence-corrected chi connectivity index (χ0v) is 34.3. The Morgan fingerprint density at radius 2 is 1.87 bits per heavy atom. The number of nitrogens with zero attached hydrogens (tertiary/aromatic N) is 3. The molecule has 1 unspecified atom stereocenters. The van der Waals surface area contributed by atoms with Crippen LogP contribution in [-0.2, 0) is 24.4 Å². The summed E-state index contributed by atoms with van der Waals surface area (Å²) in [6.07, 6.45) is 1.89. The maximum atomic E-state index is 14.6. The third-order valence-corrected chi connectivity index (χ3v) is 14.8. The van der Waals surface area contributed by atoms with E-state index in [2.05, 4.69) is 25.1 Å². The predicted molar refractivity (Wildman–Crippen MR) is 210 cm³/mol. The molecular weight excluding hydrogens is 727 g/mol. The number of likely N-dealkylation sites (tertiary alicyclic amines) is 1. The number of Topliss-reactive ketones (excluding diaryl/α,β-unsaturated/α-hetero) is 1. The highest BCUT2D eigenvalue weighted by Crippen LogP contribution is 2.57. The number of pyridine rings is 1. The van der Waals surface area contributed by atoms with E-state index in [0.29, 0.717) is 35.6 Å². The number of fused-ring (bicyclic) bond motifs is 1.